The Labute approximate surface area is 91.6 Å². The molecule has 15 heavy (non-hydrogen) atoms. The van der Waals surface area contributed by atoms with Crippen LogP contribution in [-0.2, 0) is 4.74 Å². The molecule has 2 unspecified atom stereocenters. The molecule has 88 valence electrons. The number of likely N-dealkylation sites (tertiary alicyclic amines) is 1. The number of rotatable bonds is 5. The van der Waals surface area contributed by atoms with Crippen LogP contribution in [-0.4, -0.2) is 61.5 Å². The summed E-state index contributed by atoms with van der Waals surface area (Å²) in [7, 11) is 0. The molecule has 0 spiro atoms. The second kappa shape index (κ2) is 5.80. The summed E-state index contributed by atoms with van der Waals surface area (Å²) < 4.78 is 5.18. The van der Waals surface area contributed by atoms with Gasteiger partial charge in [0.2, 0.25) is 0 Å². The molecule has 4 nitrogen and oxygen atoms in total. The first-order valence-electron chi connectivity index (χ1n) is 6.08. The molecule has 0 bridgehead atoms. The molecule has 0 aliphatic carbocycles. The van der Waals surface area contributed by atoms with Crippen LogP contribution in [0.15, 0.2) is 0 Å². The normalized spacial score (nSPS) is 32.6. The maximum atomic E-state index is 9.50. The van der Waals surface area contributed by atoms with Crippen molar-refractivity contribution in [2.75, 3.05) is 39.4 Å². The lowest BCUT2D eigenvalue weighted by molar-refractivity contribution is 0.122. The Hall–Kier alpha value is -0.160. The van der Waals surface area contributed by atoms with E-state index in [2.05, 4.69) is 10.2 Å². The van der Waals surface area contributed by atoms with E-state index in [0.29, 0.717) is 13.2 Å². The molecular formula is C11H22N2O2. The highest BCUT2D eigenvalue weighted by molar-refractivity contribution is 4.80. The summed E-state index contributed by atoms with van der Waals surface area (Å²) in [6.45, 7) is 5.87. The molecule has 2 rings (SSSR count). The van der Waals surface area contributed by atoms with E-state index in [4.69, 9.17) is 4.74 Å². The first-order valence-corrected chi connectivity index (χ1v) is 6.08. The predicted molar refractivity (Wildman–Crippen MR) is 58.9 cm³/mol. The van der Waals surface area contributed by atoms with E-state index in [1.165, 1.54) is 38.9 Å². The molecule has 0 saturated carbocycles. The summed E-state index contributed by atoms with van der Waals surface area (Å²) in [5.74, 6) is 0. The summed E-state index contributed by atoms with van der Waals surface area (Å²) in [6, 6.07) is 0.156. The quantitative estimate of drug-likeness (QED) is 0.623. The Morgan fingerprint density at radius 2 is 2.07 bits per heavy atom. The standard InChI is InChI=1S/C11H22N2O2/c14-11-9-15-8-10(11)12-4-3-7-13-5-1-2-6-13/h10-12,14H,1-9H2. The molecule has 2 N–H and O–H groups in total. The fraction of sp³-hybridized carbons (Fsp3) is 1.00. The first kappa shape index (κ1) is 11.3. The van der Waals surface area contributed by atoms with Gasteiger partial charge >= 0.3 is 0 Å². The summed E-state index contributed by atoms with van der Waals surface area (Å²) in [6.07, 6.45) is 3.59. The molecule has 2 aliphatic heterocycles. The third-order valence-electron chi connectivity index (χ3n) is 3.31. The van der Waals surface area contributed by atoms with Crippen molar-refractivity contribution < 1.29 is 9.84 Å². The van der Waals surface area contributed by atoms with Gasteiger partial charge in [0, 0.05) is 0 Å². The highest BCUT2D eigenvalue weighted by Crippen LogP contribution is 2.08. The van der Waals surface area contributed by atoms with Crippen molar-refractivity contribution in [3.63, 3.8) is 0 Å². The van der Waals surface area contributed by atoms with Gasteiger partial charge in [-0.1, -0.05) is 0 Å². The SMILES string of the molecule is OC1COCC1NCCCN1CCCC1. The minimum atomic E-state index is -0.309. The Bertz CT molecular complexity index is 183. The van der Waals surface area contributed by atoms with Crippen LogP contribution in [0.4, 0.5) is 0 Å². The lowest BCUT2D eigenvalue weighted by Crippen LogP contribution is -2.40. The van der Waals surface area contributed by atoms with Crippen molar-refractivity contribution in [1.29, 1.82) is 0 Å². The average Bonchev–Trinajstić information content (AvgIpc) is 2.85. The third-order valence-corrected chi connectivity index (χ3v) is 3.31. The molecule has 2 heterocycles. The number of hydrogen-bond acceptors (Lipinski definition) is 4. The molecule has 2 saturated heterocycles. The van der Waals surface area contributed by atoms with E-state index in [0.717, 1.165) is 6.54 Å². The smallest absolute Gasteiger partial charge is 0.0948 e. The second-order valence-corrected chi connectivity index (χ2v) is 4.57. The van der Waals surface area contributed by atoms with Gasteiger partial charge in [-0.05, 0) is 45.4 Å². The van der Waals surface area contributed by atoms with Crippen LogP contribution in [0.1, 0.15) is 19.3 Å². The van der Waals surface area contributed by atoms with Crippen LogP contribution in [0, 0.1) is 0 Å². The molecule has 0 radical (unpaired) electrons. The van der Waals surface area contributed by atoms with Crippen LogP contribution in [0.3, 0.4) is 0 Å². The second-order valence-electron chi connectivity index (χ2n) is 4.57. The first-order chi connectivity index (χ1) is 7.36. The van der Waals surface area contributed by atoms with Crippen molar-refractivity contribution in [3.05, 3.63) is 0 Å². The van der Waals surface area contributed by atoms with Gasteiger partial charge < -0.3 is 20.1 Å². The number of aliphatic hydroxyl groups is 1. The monoisotopic (exact) mass is 214 g/mol. The Morgan fingerprint density at radius 1 is 1.27 bits per heavy atom. The van der Waals surface area contributed by atoms with Crippen LogP contribution < -0.4 is 5.32 Å². The molecule has 0 aromatic carbocycles. The lowest BCUT2D eigenvalue weighted by Gasteiger charge is -2.17. The average molecular weight is 214 g/mol. The van der Waals surface area contributed by atoms with Gasteiger partial charge in [-0.25, -0.2) is 0 Å². The van der Waals surface area contributed by atoms with E-state index in [9.17, 15) is 5.11 Å². The molecule has 2 atom stereocenters. The summed E-state index contributed by atoms with van der Waals surface area (Å²) in [4.78, 5) is 2.52. The molecule has 2 fully saturated rings. The van der Waals surface area contributed by atoms with E-state index in [1.54, 1.807) is 0 Å². The fourth-order valence-corrected chi connectivity index (χ4v) is 2.33. The zero-order valence-electron chi connectivity index (χ0n) is 9.32. The van der Waals surface area contributed by atoms with Gasteiger partial charge in [-0.15, -0.1) is 0 Å². The van der Waals surface area contributed by atoms with Crippen molar-refractivity contribution in [2.24, 2.45) is 0 Å². The van der Waals surface area contributed by atoms with Crippen LogP contribution in [0.2, 0.25) is 0 Å². The summed E-state index contributed by atoms with van der Waals surface area (Å²) in [5, 5.41) is 12.9. The molecule has 4 heteroatoms. The highest BCUT2D eigenvalue weighted by Gasteiger charge is 2.25. The van der Waals surface area contributed by atoms with E-state index >= 15 is 0 Å². The number of aliphatic hydroxyl groups excluding tert-OH is 1. The summed E-state index contributed by atoms with van der Waals surface area (Å²) in [5.41, 5.74) is 0. The topological polar surface area (TPSA) is 44.7 Å². The zero-order chi connectivity index (χ0) is 10.5. The molecule has 0 aromatic heterocycles. The minimum absolute atomic E-state index is 0.156. The molecule has 2 aliphatic rings. The van der Waals surface area contributed by atoms with Crippen LogP contribution in [0.25, 0.3) is 0 Å². The number of nitrogens with zero attached hydrogens (tertiary/aromatic N) is 1. The largest absolute Gasteiger partial charge is 0.389 e. The van der Waals surface area contributed by atoms with E-state index in [1.807, 2.05) is 0 Å². The van der Waals surface area contributed by atoms with Crippen molar-refractivity contribution in [1.82, 2.24) is 10.2 Å². The van der Waals surface area contributed by atoms with Crippen molar-refractivity contribution >= 4 is 0 Å². The summed E-state index contributed by atoms with van der Waals surface area (Å²) >= 11 is 0. The van der Waals surface area contributed by atoms with Crippen LogP contribution in [0.5, 0.6) is 0 Å². The maximum absolute atomic E-state index is 9.50. The van der Waals surface area contributed by atoms with E-state index < -0.39 is 0 Å². The third kappa shape index (κ3) is 3.41. The van der Waals surface area contributed by atoms with Crippen molar-refractivity contribution in [2.45, 2.75) is 31.4 Å². The van der Waals surface area contributed by atoms with Gasteiger partial charge in [0.25, 0.3) is 0 Å². The predicted octanol–water partition coefficient (Wildman–Crippen LogP) is -0.178. The minimum Gasteiger partial charge on any atom is -0.389 e. The molecule has 0 amide bonds. The lowest BCUT2D eigenvalue weighted by atomic mass is 10.2. The maximum Gasteiger partial charge on any atom is 0.0948 e. The molecular weight excluding hydrogens is 192 g/mol. The van der Waals surface area contributed by atoms with Gasteiger partial charge in [0.05, 0.1) is 25.4 Å². The van der Waals surface area contributed by atoms with Gasteiger partial charge in [-0.3, -0.25) is 0 Å². The number of nitrogens with one attached hydrogen (secondary N) is 1. The molecule has 0 aromatic rings. The fourth-order valence-electron chi connectivity index (χ4n) is 2.33. The number of hydrogen-bond donors (Lipinski definition) is 2. The van der Waals surface area contributed by atoms with Crippen molar-refractivity contribution in [3.8, 4) is 0 Å². The zero-order valence-corrected chi connectivity index (χ0v) is 9.32. The van der Waals surface area contributed by atoms with Gasteiger partial charge in [-0.2, -0.15) is 0 Å². The Morgan fingerprint density at radius 3 is 2.73 bits per heavy atom. The van der Waals surface area contributed by atoms with E-state index in [-0.39, 0.29) is 12.1 Å². The van der Waals surface area contributed by atoms with Crippen LogP contribution >= 0.6 is 0 Å². The Kier molecular flexibility index (Phi) is 4.38. The van der Waals surface area contributed by atoms with Gasteiger partial charge in [0.15, 0.2) is 0 Å². The highest BCUT2D eigenvalue weighted by atomic mass is 16.5. The Balaban J connectivity index is 1.51. The number of ether oxygens (including phenoxy) is 1. The van der Waals surface area contributed by atoms with Gasteiger partial charge in [0.1, 0.15) is 0 Å².